The van der Waals surface area contributed by atoms with Gasteiger partial charge in [-0.15, -0.1) is 0 Å². The van der Waals surface area contributed by atoms with Crippen LogP contribution in [0.4, 0.5) is 10.6 Å². The fraction of sp³-hybridized carbons (Fsp3) is 0.200. The van der Waals surface area contributed by atoms with Gasteiger partial charge in [-0.05, 0) is 19.1 Å². The first-order chi connectivity index (χ1) is 11.1. The van der Waals surface area contributed by atoms with Crippen molar-refractivity contribution in [3.05, 3.63) is 47.2 Å². The Balaban J connectivity index is 1.52. The van der Waals surface area contributed by atoms with Gasteiger partial charge < -0.3 is 9.84 Å². The predicted octanol–water partition coefficient (Wildman–Crippen LogP) is 1.40. The molecule has 3 rings (SSSR count). The zero-order valence-electron chi connectivity index (χ0n) is 12.3. The Morgan fingerprint density at radius 1 is 1.22 bits per heavy atom. The van der Waals surface area contributed by atoms with Crippen LogP contribution < -0.4 is 10.6 Å². The molecule has 2 heterocycles. The summed E-state index contributed by atoms with van der Waals surface area (Å²) in [6, 6.07) is 7.72. The Morgan fingerprint density at radius 2 is 1.87 bits per heavy atom. The molecule has 0 unspecified atom stereocenters. The van der Waals surface area contributed by atoms with Crippen molar-refractivity contribution >= 4 is 23.7 Å². The Hall–Kier alpha value is -3.16. The van der Waals surface area contributed by atoms with Gasteiger partial charge >= 0.3 is 6.03 Å². The lowest BCUT2D eigenvalue weighted by Gasteiger charge is -2.14. The Kier molecular flexibility index (Phi) is 3.80. The number of urea groups is 1. The van der Waals surface area contributed by atoms with Crippen molar-refractivity contribution in [3.63, 3.8) is 0 Å². The van der Waals surface area contributed by atoms with Crippen LogP contribution in [0.5, 0.6) is 0 Å². The molecule has 1 aromatic carbocycles. The lowest BCUT2D eigenvalue weighted by atomic mass is 10.1. The van der Waals surface area contributed by atoms with E-state index in [0.717, 1.165) is 4.90 Å². The highest BCUT2D eigenvalue weighted by Gasteiger charge is 2.34. The zero-order valence-corrected chi connectivity index (χ0v) is 12.3. The molecule has 0 aliphatic carbocycles. The van der Waals surface area contributed by atoms with Gasteiger partial charge in [0.2, 0.25) is 0 Å². The summed E-state index contributed by atoms with van der Waals surface area (Å²) in [4.78, 5) is 37.1. The SMILES string of the molecule is Cc1cc(NC(=O)NCCN2C(=O)c3ccccc3C2=O)no1. The van der Waals surface area contributed by atoms with Crippen molar-refractivity contribution < 1.29 is 18.9 Å². The topological polar surface area (TPSA) is 105 Å². The molecular formula is C15H14N4O4. The first-order valence-electron chi connectivity index (χ1n) is 6.99. The quantitative estimate of drug-likeness (QED) is 0.830. The van der Waals surface area contributed by atoms with Crippen molar-refractivity contribution in [2.45, 2.75) is 6.92 Å². The van der Waals surface area contributed by atoms with E-state index in [1.165, 1.54) is 0 Å². The molecule has 0 bridgehead atoms. The molecule has 0 spiro atoms. The third-order valence-corrected chi connectivity index (χ3v) is 3.37. The van der Waals surface area contributed by atoms with Crippen molar-refractivity contribution in [2.75, 3.05) is 18.4 Å². The number of hydrogen-bond donors (Lipinski definition) is 2. The van der Waals surface area contributed by atoms with E-state index in [4.69, 9.17) is 4.52 Å². The van der Waals surface area contributed by atoms with Gasteiger partial charge in [0, 0.05) is 19.2 Å². The van der Waals surface area contributed by atoms with Crippen LogP contribution in [0.25, 0.3) is 0 Å². The number of fused-ring (bicyclic) bond motifs is 1. The molecule has 23 heavy (non-hydrogen) atoms. The number of carbonyl (C=O) groups excluding carboxylic acids is 3. The largest absolute Gasteiger partial charge is 0.360 e. The number of nitrogens with zero attached hydrogens (tertiary/aromatic N) is 2. The molecule has 2 N–H and O–H groups in total. The van der Waals surface area contributed by atoms with Crippen LogP contribution in [-0.4, -0.2) is 41.0 Å². The maximum Gasteiger partial charge on any atom is 0.320 e. The Bertz CT molecular complexity index is 748. The van der Waals surface area contributed by atoms with Crippen LogP contribution in [-0.2, 0) is 0 Å². The summed E-state index contributed by atoms with van der Waals surface area (Å²) in [6.07, 6.45) is 0. The van der Waals surface area contributed by atoms with Gasteiger partial charge in [0.25, 0.3) is 11.8 Å². The first-order valence-corrected chi connectivity index (χ1v) is 6.99. The second-order valence-corrected chi connectivity index (χ2v) is 5.01. The van der Waals surface area contributed by atoms with Crippen LogP contribution in [0.2, 0.25) is 0 Å². The molecular weight excluding hydrogens is 300 g/mol. The number of aromatic nitrogens is 1. The summed E-state index contributed by atoms with van der Waals surface area (Å²) >= 11 is 0. The summed E-state index contributed by atoms with van der Waals surface area (Å²) in [7, 11) is 0. The third-order valence-electron chi connectivity index (χ3n) is 3.37. The summed E-state index contributed by atoms with van der Waals surface area (Å²) < 4.78 is 4.83. The fourth-order valence-electron chi connectivity index (χ4n) is 2.31. The molecule has 118 valence electrons. The first kappa shape index (κ1) is 14.8. The molecule has 8 heteroatoms. The van der Waals surface area contributed by atoms with Crippen molar-refractivity contribution in [2.24, 2.45) is 0 Å². The molecule has 1 aliphatic rings. The number of imide groups is 1. The van der Waals surface area contributed by atoms with Crippen molar-refractivity contribution in [1.29, 1.82) is 0 Å². The van der Waals surface area contributed by atoms with Crippen LogP contribution in [0, 0.1) is 6.92 Å². The number of carbonyl (C=O) groups is 3. The molecule has 1 aliphatic heterocycles. The van der Waals surface area contributed by atoms with Gasteiger partial charge in [-0.3, -0.25) is 19.8 Å². The van der Waals surface area contributed by atoms with E-state index in [-0.39, 0.29) is 24.9 Å². The van der Waals surface area contributed by atoms with Gasteiger partial charge in [-0.1, -0.05) is 17.3 Å². The highest BCUT2D eigenvalue weighted by Crippen LogP contribution is 2.21. The number of amides is 4. The minimum Gasteiger partial charge on any atom is -0.360 e. The summed E-state index contributed by atoms with van der Waals surface area (Å²) in [5.74, 6) is 0.173. The van der Waals surface area contributed by atoms with E-state index in [2.05, 4.69) is 15.8 Å². The van der Waals surface area contributed by atoms with E-state index in [1.54, 1.807) is 37.3 Å². The van der Waals surface area contributed by atoms with Gasteiger partial charge in [0.15, 0.2) is 5.82 Å². The van der Waals surface area contributed by atoms with E-state index < -0.39 is 6.03 Å². The van der Waals surface area contributed by atoms with Gasteiger partial charge in [-0.2, -0.15) is 0 Å². The second kappa shape index (κ2) is 5.91. The normalized spacial score (nSPS) is 13.2. The second-order valence-electron chi connectivity index (χ2n) is 5.01. The summed E-state index contributed by atoms with van der Waals surface area (Å²) in [6.45, 7) is 1.93. The molecule has 0 atom stereocenters. The number of benzene rings is 1. The third kappa shape index (κ3) is 2.91. The number of hydrogen-bond acceptors (Lipinski definition) is 5. The maximum atomic E-state index is 12.1. The Labute approximate surface area is 131 Å². The van der Waals surface area contributed by atoms with Gasteiger partial charge in [0.1, 0.15) is 5.76 Å². The smallest absolute Gasteiger partial charge is 0.320 e. The molecule has 0 saturated carbocycles. The molecule has 1 aromatic heterocycles. The molecule has 4 amide bonds. The molecule has 2 aromatic rings. The number of nitrogens with one attached hydrogen (secondary N) is 2. The monoisotopic (exact) mass is 314 g/mol. The average molecular weight is 314 g/mol. The average Bonchev–Trinajstić information content (AvgIpc) is 3.04. The van der Waals surface area contributed by atoms with E-state index >= 15 is 0 Å². The van der Waals surface area contributed by atoms with Crippen molar-refractivity contribution in [3.8, 4) is 0 Å². The minimum atomic E-state index is -0.491. The molecule has 0 fully saturated rings. The number of anilines is 1. The van der Waals surface area contributed by atoms with Crippen LogP contribution in [0.3, 0.4) is 0 Å². The van der Waals surface area contributed by atoms with E-state index in [1.807, 2.05) is 0 Å². The lowest BCUT2D eigenvalue weighted by molar-refractivity contribution is 0.0656. The van der Waals surface area contributed by atoms with Gasteiger partial charge in [0.05, 0.1) is 11.1 Å². The fourth-order valence-corrected chi connectivity index (χ4v) is 2.31. The van der Waals surface area contributed by atoms with Gasteiger partial charge in [-0.25, -0.2) is 4.79 Å². The number of aryl methyl sites for hydroxylation is 1. The van der Waals surface area contributed by atoms with Crippen LogP contribution in [0.1, 0.15) is 26.5 Å². The van der Waals surface area contributed by atoms with E-state index in [9.17, 15) is 14.4 Å². The molecule has 8 nitrogen and oxygen atoms in total. The maximum absolute atomic E-state index is 12.1. The lowest BCUT2D eigenvalue weighted by Crippen LogP contribution is -2.39. The number of rotatable bonds is 4. The predicted molar refractivity (Wildman–Crippen MR) is 80.1 cm³/mol. The van der Waals surface area contributed by atoms with Crippen molar-refractivity contribution in [1.82, 2.24) is 15.4 Å². The standard InChI is InChI=1S/C15H14N4O4/c1-9-8-12(18-23-9)17-15(22)16-6-7-19-13(20)10-4-2-3-5-11(10)14(19)21/h2-5,8H,6-7H2,1H3,(H2,16,17,18,22). The van der Waals surface area contributed by atoms with Crippen LogP contribution >= 0.6 is 0 Å². The van der Waals surface area contributed by atoms with E-state index in [0.29, 0.717) is 22.7 Å². The highest BCUT2D eigenvalue weighted by molar-refractivity contribution is 6.21. The molecule has 0 saturated heterocycles. The summed E-state index contributed by atoms with van der Waals surface area (Å²) in [5, 5.41) is 8.67. The minimum absolute atomic E-state index is 0.0949. The Morgan fingerprint density at radius 3 is 2.43 bits per heavy atom. The zero-order chi connectivity index (χ0) is 16.4. The highest BCUT2D eigenvalue weighted by atomic mass is 16.5. The van der Waals surface area contributed by atoms with Crippen LogP contribution in [0.15, 0.2) is 34.9 Å². The summed E-state index contributed by atoms with van der Waals surface area (Å²) in [5.41, 5.74) is 0.778. The molecule has 0 radical (unpaired) electrons.